The Balaban J connectivity index is 1.60. The molecule has 12 heteroatoms. The highest BCUT2D eigenvalue weighted by atomic mass is 32.2. The molecule has 0 bridgehead atoms. The lowest BCUT2D eigenvalue weighted by atomic mass is 10.0. The van der Waals surface area contributed by atoms with Crippen LogP contribution in [0, 0.1) is 5.53 Å². The van der Waals surface area contributed by atoms with Crippen LogP contribution in [0.4, 0.5) is 0 Å². The lowest BCUT2D eigenvalue weighted by Crippen LogP contribution is -2.30. The van der Waals surface area contributed by atoms with Crippen molar-refractivity contribution in [2.24, 2.45) is 10.3 Å². The number of esters is 1. The van der Waals surface area contributed by atoms with Crippen LogP contribution in [0.25, 0.3) is 11.1 Å². The quantitative estimate of drug-likeness (QED) is 0.156. The van der Waals surface area contributed by atoms with Gasteiger partial charge in [0.25, 0.3) is 5.91 Å². The second-order valence-electron chi connectivity index (χ2n) is 9.09. The van der Waals surface area contributed by atoms with E-state index in [1.165, 1.54) is 17.4 Å². The van der Waals surface area contributed by atoms with Gasteiger partial charge >= 0.3 is 5.97 Å². The number of primary sulfonamides is 1. The van der Waals surface area contributed by atoms with Crippen LogP contribution in [0.3, 0.4) is 0 Å². The number of nitrogens with two attached hydrogens (primary N) is 1. The summed E-state index contributed by atoms with van der Waals surface area (Å²) in [6, 6.07) is 20.2. The van der Waals surface area contributed by atoms with Crippen LogP contribution in [0.5, 0.6) is 0 Å². The molecule has 41 heavy (non-hydrogen) atoms. The highest BCUT2D eigenvalue weighted by Gasteiger charge is 2.23. The number of carbonyl (C=O) groups excluding carboxylic acids is 2. The fourth-order valence-electron chi connectivity index (χ4n) is 4.28. The largest absolute Gasteiger partial charge is 0.461 e. The number of hydrogen-bond donors (Lipinski definition) is 3. The summed E-state index contributed by atoms with van der Waals surface area (Å²) in [5.41, 5.74) is 10.6. The lowest BCUT2D eigenvalue weighted by Gasteiger charge is -2.18. The molecule has 0 saturated carbocycles. The van der Waals surface area contributed by atoms with E-state index in [4.69, 9.17) is 15.4 Å². The number of sulfonamides is 1. The molecule has 3 aromatic carbocycles. The second kappa shape index (κ2) is 13.4. The molecule has 0 aliphatic rings. The minimum atomic E-state index is -3.93. The molecule has 212 valence electrons. The van der Waals surface area contributed by atoms with Gasteiger partial charge in [-0.25, -0.2) is 28.9 Å². The van der Waals surface area contributed by atoms with Gasteiger partial charge < -0.3 is 10.1 Å². The topological polar surface area (TPSA) is 165 Å². The zero-order chi connectivity index (χ0) is 29.4. The Bertz CT molecular complexity index is 1650. The third-order valence-corrected chi connectivity index (χ3v) is 8.13. The van der Waals surface area contributed by atoms with Crippen LogP contribution in [-0.2, 0) is 27.6 Å². The Hall–Kier alpha value is -4.26. The number of thiazole rings is 1. The van der Waals surface area contributed by atoms with E-state index in [0.717, 1.165) is 11.1 Å². The van der Waals surface area contributed by atoms with E-state index in [2.05, 4.69) is 15.4 Å². The van der Waals surface area contributed by atoms with Crippen molar-refractivity contribution < 1.29 is 22.7 Å². The summed E-state index contributed by atoms with van der Waals surface area (Å²) in [7, 11) is -3.93. The van der Waals surface area contributed by atoms with Crippen molar-refractivity contribution in [3.05, 3.63) is 106 Å². The number of nitrogens with one attached hydrogen (secondary N) is 2. The van der Waals surface area contributed by atoms with E-state index in [1.54, 1.807) is 54.8 Å². The summed E-state index contributed by atoms with van der Waals surface area (Å²) in [4.78, 5) is 30.0. The maximum atomic E-state index is 13.4. The maximum Gasteiger partial charge on any atom is 0.357 e. The smallest absolute Gasteiger partial charge is 0.357 e. The SMILES string of the molecule is CCOC(=O)c1csc(C(Cc2cccc(CCN=N)c2)NC(=O)c2ccc(-c3ccccc3S(N)(=O)=O)cc2)n1. The molecule has 4 rings (SSSR count). The number of nitrogens with zero attached hydrogens (tertiary/aromatic N) is 2. The van der Waals surface area contributed by atoms with Gasteiger partial charge in [-0.15, -0.1) is 11.3 Å². The number of hydrogen-bond acceptors (Lipinski definition) is 9. The second-order valence-corrected chi connectivity index (χ2v) is 11.5. The number of ether oxygens (including phenoxy) is 1. The number of aromatic nitrogens is 1. The van der Waals surface area contributed by atoms with E-state index in [0.29, 0.717) is 41.1 Å². The molecule has 0 saturated heterocycles. The first-order chi connectivity index (χ1) is 19.7. The van der Waals surface area contributed by atoms with Gasteiger partial charge in [-0.05, 0) is 54.7 Å². The predicted octanol–water partition coefficient (Wildman–Crippen LogP) is 4.92. The Morgan fingerprint density at radius 1 is 1.07 bits per heavy atom. The van der Waals surface area contributed by atoms with Gasteiger partial charge in [0.05, 0.1) is 24.1 Å². The average Bonchev–Trinajstić information content (AvgIpc) is 3.46. The summed E-state index contributed by atoms with van der Waals surface area (Å²) < 4.78 is 29.1. The molecule has 0 spiro atoms. The predicted molar refractivity (Wildman–Crippen MR) is 155 cm³/mol. The minimum Gasteiger partial charge on any atom is -0.461 e. The normalized spacial score (nSPS) is 12.0. The van der Waals surface area contributed by atoms with Crippen molar-refractivity contribution in [2.75, 3.05) is 13.2 Å². The Labute approximate surface area is 242 Å². The van der Waals surface area contributed by atoms with Gasteiger partial charge in [-0.3, -0.25) is 4.79 Å². The summed E-state index contributed by atoms with van der Waals surface area (Å²) in [5.74, 6) is -0.894. The van der Waals surface area contributed by atoms with Crippen LogP contribution in [0.2, 0.25) is 0 Å². The summed E-state index contributed by atoms with van der Waals surface area (Å²) >= 11 is 1.25. The van der Waals surface area contributed by atoms with Crippen LogP contribution in [0.15, 0.2) is 88.2 Å². The van der Waals surface area contributed by atoms with Crippen molar-refractivity contribution in [1.82, 2.24) is 10.3 Å². The third-order valence-electron chi connectivity index (χ3n) is 6.21. The molecular weight excluding hydrogens is 562 g/mol. The molecule has 0 fully saturated rings. The summed E-state index contributed by atoms with van der Waals surface area (Å²) in [6.45, 7) is 2.33. The monoisotopic (exact) mass is 591 g/mol. The first kappa shape index (κ1) is 29.7. The van der Waals surface area contributed by atoms with Gasteiger partial charge in [-0.2, -0.15) is 5.11 Å². The average molecular weight is 592 g/mol. The van der Waals surface area contributed by atoms with Crippen molar-refractivity contribution in [3.8, 4) is 11.1 Å². The lowest BCUT2D eigenvalue weighted by molar-refractivity contribution is 0.0520. The van der Waals surface area contributed by atoms with Crippen molar-refractivity contribution in [2.45, 2.75) is 30.7 Å². The zero-order valence-electron chi connectivity index (χ0n) is 22.2. The van der Waals surface area contributed by atoms with Gasteiger partial charge in [0.2, 0.25) is 10.0 Å². The van der Waals surface area contributed by atoms with Crippen LogP contribution in [0.1, 0.15) is 49.9 Å². The molecular formula is C29H29N5O5S2. The molecule has 1 heterocycles. The van der Waals surface area contributed by atoms with Gasteiger partial charge in [-0.1, -0.05) is 54.6 Å². The highest BCUT2D eigenvalue weighted by molar-refractivity contribution is 7.89. The molecule has 1 atom stereocenters. The molecule has 1 unspecified atom stereocenters. The minimum absolute atomic E-state index is 0.00272. The Kier molecular flexibility index (Phi) is 9.71. The summed E-state index contributed by atoms with van der Waals surface area (Å²) in [6.07, 6.45) is 1.03. The van der Waals surface area contributed by atoms with Crippen molar-refractivity contribution in [3.63, 3.8) is 0 Å². The third kappa shape index (κ3) is 7.69. The first-order valence-corrected chi connectivity index (χ1v) is 15.2. The highest BCUT2D eigenvalue weighted by Crippen LogP contribution is 2.28. The number of benzene rings is 3. The van der Waals surface area contributed by atoms with Gasteiger partial charge in [0.15, 0.2) is 5.69 Å². The molecule has 1 aromatic heterocycles. The molecule has 10 nitrogen and oxygen atoms in total. The number of carbonyl (C=O) groups is 2. The van der Waals surface area contributed by atoms with E-state index < -0.39 is 22.0 Å². The molecule has 4 N–H and O–H groups in total. The first-order valence-electron chi connectivity index (χ1n) is 12.8. The number of rotatable bonds is 12. The van der Waals surface area contributed by atoms with Crippen LogP contribution < -0.4 is 10.5 Å². The molecule has 0 radical (unpaired) electrons. The Morgan fingerprint density at radius 3 is 2.51 bits per heavy atom. The Morgan fingerprint density at radius 2 is 1.80 bits per heavy atom. The van der Waals surface area contributed by atoms with Crippen molar-refractivity contribution in [1.29, 1.82) is 5.53 Å². The van der Waals surface area contributed by atoms with Gasteiger partial charge in [0.1, 0.15) is 5.01 Å². The van der Waals surface area contributed by atoms with Crippen LogP contribution in [-0.4, -0.2) is 38.4 Å². The van der Waals surface area contributed by atoms with Gasteiger partial charge in [0, 0.05) is 16.5 Å². The van der Waals surface area contributed by atoms with E-state index >= 15 is 0 Å². The zero-order valence-corrected chi connectivity index (χ0v) is 23.9. The maximum absolute atomic E-state index is 13.4. The van der Waals surface area contributed by atoms with E-state index in [1.807, 2.05) is 24.3 Å². The molecule has 0 aliphatic heterocycles. The summed E-state index contributed by atoms with van der Waals surface area (Å²) in [5, 5.41) is 14.0. The number of amides is 1. The van der Waals surface area contributed by atoms with Crippen molar-refractivity contribution >= 4 is 33.2 Å². The molecule has 4 aromatic rings. The standard InChI is InChI=1S/C29H29N5O5S2/c1-2-39-29(36)25-18-40-28(34-25)24(17-20-7-5-6-19(16-20)14-15-32-30)33-27(35)22-12-10-21(11-13-22)23-8-3-4-9-26(23)41(31,37)38/h3-13,16,18,24,30H,2,14-15,17H2,1H3,(H,33,35)(H2,31,37,38). The fourth-order valence-corrected chi connectivity index (χ4v) is 5.87. The van der Waals surface area contributed by atoms with E-state index in [9.17, 15) is 18.0 Å². The van der Waals surface area contributed by atoms with E-state index in [-0.39, 0.29) is 23.1 Å². The fraction of sp³-hybridized carbons (Fsp3) is 0.207. The molecule has 0 aliphatic carbocycles. The van der Waals surface area contributed by atoms with Crippen LogP contribution >= 0.6 is 11.3 Å². The molecule has 1 amide bonds.